The van der Waals surface area contributed by atoms with Gasteiger partial charge in [-0.3, -0.25) is 4.79 Å². The molecule has 1 heterocycles. The van der Waals surface area contributed by atoms with Gasteiger partial charge in [-0.2, -0.15) is 0 Å². The Bertz CT molecular complexity index is 324. The van der Waals surface area contributed by atoms with Crippen molar-refractivity contribution in [1.82, 2.24) is 9.96 Å². The second kappa shape index (κ2) is 3.93. The number of hydroxylamine groups is 2. The van der Waals surface area contributed by atoms with Crippen molar-refractivity contribution in [2.24, 2.45) is 0 Å². The topological polar surface area (TPSA) is 63.7 Å². The van der Waals surface area contributed by atoms with Gasteiger partial charge >= 0.3 is 0 Å². The highest BCUT2D eigenvalue weighted by Crippen LogP contribution is 2.35. The van der Waals surface area contributed by atoms with Gasteiger partial charge in [-0.25, -0.2) is 0 Å². The fraction of sp³-hybridized carbons (Fsp3) is 0.917. The first kappa shape index (κ1) is 14.4. The van der Waals surface area contributed by atoms with Gasteiger partial charge in [-0.05, 0) is 41.5 Å². The summed E-state index contributed by atoms with van der Waals surface area (Å²) in [6.07, 6.45) is 0. The fourth-order valence-corrected chi connectivity index (χ4v) is 2.27. The number of carbonyl (C=O) groups is 1. The van der Waals surface area contributed by atoms with Crippen molar-refractivity contribution in [1.29, 1.82) is 0 Å². The fourth-order valence-electron chi connectivity index (χ4n) is 2.27. The average Bonchev–Trinajstić information content (AvgIpc) is 2.22. The maximum absolute atomic E-state index is 12.3. The summed E-state index contributed by atoms with van der Waals surface area (Å²) >= 11 is 0. The first-order valence-corrected chi connectivity index (χ1v) is 5.87. The van der Waals surface area contributed by atoms with Crippen LogP contribution in [0.4, 0.5) is 0 Å². The molecule has 1 saturated heterocycles. The average molecular weight is 243 g/mol. The highest BCUT2D eigenvalue weighted by Gasteiger charge is 2.54. The molecule has 0 spiro atoms. The van der Waals surface area contributed by atoms with Crippen molar-refractivity contribution < 1.29 is 15.1 Å². The molecular formula is C12H23N2O3. The van der Waals surface area contributed by atoms with Crippen LogP contribution in [0.2, 0.25) is 0 Å². The van der Waals surface area contributed by atoms with Crippen LogP contribution in [0.3, 0.4) is 0 Å². The Labute approximate surface area is 103 Å². The largest absolute Gasteiger partial charge is 0.394 e. The molecule has 1 N–H and O–H groups in total. The van der Waals surface area contributed by atoms with Gasteiger partial charge in [-0.15, -0.1) is 10.3 Å². The first-order valence-electron chi connectivity index (χ1n) is 5.87. The number of rotatable bonds is 2. The van der Waals surface area contributed by atoms with E-state index < -0.39 is 16.6 Å². The summed E-state index contributed by atoms with van der Waals surface area (Å²) in [4.78, 5) is 13.9. The molecule has 17 heavy (non-hydrogen) atoms. The van der Waals surface area contributed by atoms with Gasteiger partial charge in [0.15, 0.2) is 0 Å². The number of piperazine rings is 1. The molecule has 1 fully saturated rings. The highest BCUT2D eigenvalue weighted by molar-refractivity contribution is 5.87. The molecule has 1 aliphatic heterocycles. The van der Waals surface area contributed by atoms with E-state index in [2.05, 4.69) is 0 Å². The molecule has 0 aliphatic carbocycles. The van der Waals surface area contributed by atoms with Crippen molar-refractivity contribution in [2.75, 3.05) is 13.2 Å². The maximum atomic E-state index is 12.3. The number of aliphatic hydroxyl groups excluding tert-OH is 1. The normalized spacial score (nSPS) is 25.2. The molecule has 0 bridgehead atoms. The van der Waals surface area contributed by atoms with Gasteiger partial charge in [0, 0.05) is 6.54 Å². The Morgan fingerprint density at radius 3 is 2.18 bits per heavy atom. The van der Waals surface area contributed by atoms with Crippen LogP contribution in [0.5, 0.6) is 0 Å². The van der Waals surface area contributed by atoms with E-state index in [-0.39, 0.29) is 12.5 Å². The first-order chi connectivity index (χ1) is 7.47. The molecule has 1 aliphatic rings. The van der Waals surface area contributed by atoms with E-state index in [1.165, 1.54) is 0 Å². The molecule has 5 nitrogen and oxygen atoms in total. The van der Waals surface area contributed by atoms with Crippen molar-refractivity contribution in [2.45, 2.75) is 58.2 Å². The van der Waals surface area contributed by atoms with Crippen molar-refractivity contribution in [3.05, 3.63) is 0 Å². The van der Waals surface area contributed by atoms with Crippen molar-refractivity contribution >= 4 is 5.91 Å². The summed E-state index contributed by atoms with van der Waals surface area (Å²) in [5, 5.41) is 22.4. The van der Waals surface area contributed by atoms with E-state index in [0.29, 0.717) is 6.54 Å². The minimum atomic E-state index is -1.09. The molecular weight excluding hydrogens is 220 g/mol. The molecule has 0 aromatic heterocycles. The van der Waals surface area contributed by atoms with E-state index in [9.17, 15) is 15.1 Å². The second-order valence-electron chi connectivity index (χ2n) is 6.53. The van der Waals surface area contributed by atoms with E-state index in [0.717, 1.165) is 5.06 Å². The Kier molecular flexibility index (Phi) is 3.33. The quantitative estimate of drug-likeness (QED) is 0.780. The Morgan fingerprint density at radius 1 is 1.29 bits per heavy atom. The molecule has 1 rings (SSSR count). The van der Waals surface area contributed by atoms with Crippen LogP contribution in [0, 0.1) is 0 Å². The highest BCUT2D eigenvalue weighted by atomic mass is 16.5. The van der Waals surface area contributed by atoms with E-state index in [1.54, 1.807) is 32.6 Å². The van der Waals surface area contributed by atoms with Crippen LogP contribution in [0.25, 0.3) is 0 Å². The van der Waals surface area contributed by atoms with Crippen LogP contribution in [-0.2, 0) is 10.0 Å². The number of hydrogen-bond donors (Lipinski definition) is 1. The summed E-state index contributed by atoms with van der Waals surface area (Å²) in [6, 6.07) is 0. The molecule has 99 valence electrons. The standard InChI is InChI=1S/C12H23N2O3/c1-10(2)7-13(11(3,4)8-15)9(16)12(5,6)14(10)17/h15H,7-8H2,1-6H3. The number of aliphatic hydroxyl groups is 1. The van der Waals surface area contributed by atoms with Crippen LogP contribution >= 0.6 is 0 Å². The lowest BCUT2D eigenvalue weighted by Gasteiger charge is -2.54. The molecule has 0 unspecified atom stereocenters. The lowest BCUT2D eigenvalue weighted by Crippen LogP contribution is -2.73. The SMILES string of the molecule is CC(C)(CO)N1CC(C)(C)N([O])C(C)(C)C1=O. The van der Waals surface area contributed by atoms with Gasteiger partial charge in [0.05, 0.1) is 17.7 Å². The van der Waals surface area contributed by atoms with E-state index in [1.807, 2.05) is 13.8 Å². The van der Waals surface area contributed by atoms with Crippen LogP contribution in [0.15, 0.2) is 0 Å². The molecule has 1 radical (unpaired) electrons. The predicted octanol–water partition coefficient (Wildman–Crippen LogP) is 0.804. The minimum absolute atomic E-state index is 0.121. The Balaban J connectivity index is 3.17. The lowest BCUT2D eigenvalue weighted by molar-refractivity contribution is -0.289. The zero-order valence-corrected chi connectivity index (χ0v) is 11.6. The minimum Gasteiger partial charge on any atom is -0.394 e. The van der Waals surface area contributed by atoms with Crippen LogP contribution in [-0.4, -0.2) is 50.7 Å². The van der Waals surface area contributed by atoms with Gasteiger partial charge in [-0.1, -0.05) is 0 Å². The summed E-state index contributed by atoms with van der Waals surface area (Å²) in [6.45, 7) is 10.7. The molecule has 0 atom stereocenters. The number of nitrogens with zero attached hydrogens (tertiary/aromatic N) is 2. The van der Waals surface area contributed by atoms with Crippen molar-refractivity contribution in [3.8, 4) is 0 Å². The second-order valence-corrected chi connectivity index (χ2v) is 6.53. The number of hydrogen-bond acceptors (Lipinski definition) is 3. The third-order valence-corrected chi connectivity index (χ3v) is 3.49. The molecule has 0 aromatic carbocycles. The number of amides is 1. The van der Waals surface area contributed by atoms with Gasteiger partial charge < -0.3 is 10.0 Å². The predicted molar refractivity (Wildman–Crippen MR) is 63.6 cm³/mol. The smallest absolute Gasteiger partial charge is 0.245 e. The summed E-state index contributed by atoms with van der Waals surface area (Å²) in [7, 11) is 0. The zero-order valence-electron chi connectivity index (χ0n) is 11.6. The van der Waals surface area contributed by atoms with E-state index in [4.69, 9.17) is 0 Å². The van der Waals surface area contributed by atoms with Crippen molar-refractivity contribution in [3.63, 3.8) is 0 Å². The summed E-state index contributed by atoms with van der Waals surface area (Å²) in [5.74, 6) is -0.231. The molecule has 5 heteroatoms. The third kappa shape index (κ3) is 2.19. The van der Waals surface area contributed by atoms with Gasteiger partial charge in [0.2, 0.25) is 5.91 Å². The monoisotopic (exact) mass is 243 g/mol. The van der Waals surface area contributed by atoms with Crippen LogP contribution < -0.4 is 0 Å². The molecule has 1 amide bonds. The zero-order chi connectivity index (χ0) is 13.6. The maximum Gasteiger partial charge on any atom is 0.245 e. The van der Waals surface area contributed by atoms with Crippen LogP contribution in [0.1, 0.15) is 41.5 Å². The van der Waals surface area contributed by atoms with Gasteiger partial charge in [0.25, 0.3) is 0 Å². The van der Waals surface area contributed by atoms with Gasteiger partial charge in [0.1, 0.15) is 5.54 Å². The number of carbonyl (C=O) groups excluding carboxylic acids is 1. The van der Waals surface area contributed by atoms with E-state index >= 15 is 0 Å². The Hall–Kier alpha value is -0.650. The summed E-state index contributed by atoms with van der Waals surface area (Å²) in [5.41, 5.74) is -2.38. The lowest BCUT2D eigenvalue weighted by atomic mass is 9.86. The third-order valence-electron chi connectivity index (χ3n) is 3.49. The summed E-state index contributed by atoms with van der Waals surface area (Å²) < 4.78 is 0. The molecule has 0 saturated carbocycles. The molecule has 0 aromatic rings. The Morgan fingerprint density at radius 2 is 1.76 bits per heavy atom.